The van der Waals surface area contributed by atoms with Gasteiger partial charge in [0, 0.05) is 0 Å². The van der Waals surface area contributed by atoms with E-state index < -0.39 is 11.9 Å². The average molecular weight is 198 g/mol. The Morgan fingerprint density at radius 2 is 2.36 bits per heavy atom. The van der Waals surface area contributed by atoms with Crippen LogP contribution in [-0.4, -0.2) is 24.6 Å². The minimum Gasteiger partial charge on any atom is -0.464 e. The molecule has 0 fully saturated rings. The van der Waals surface area contributed by atoms with Gasteiger partial charge in [-0.25, -0.2) is 9.78 Å². The van der Waals surface area contributed by atoms with Gasteiger partial charge in [0.1, 0.15) is 0 Å². The van der Waals surface area contributed by atoms with Gasteiger partial charge in [-0.3, -0.25) is 0 Å². The van der Waals surface area contributed by atoms with Gasteiger partial charge in [0.25, 0.3) is 0 Å². The fraction of sp³-hybridized carbons (Fsp3) is 0.333. The van der Waals surface area contributed by atoms with Crippen LogP contribution in [0.2, 0.25) is 0 Å². The lowest BCUT2D eigenvalue weighted by Crippen LogP contribution is -2.09. The van der Waals surface area contributed by atoms with Crippen molar-refractivity contribution >= 4 is 5.97 Å². The van der Waals surface area contributed by atoms with Crippen molar-refractivity contribution in [2.45, 2.75) is 6.42 Å². The molecule has 0 saturated heterocycles. The maximum absolute atomic E-state index is 12.9. The van der Waals surface area contributed by atoms with Crippen LogP contribution in [0.25, 0.3) is 0 Å². The summed E-state index contributed by atoms with van der Waals surface area (Å²) in [6.07, 6.45) is 0.503. The molecule has 4 nitrogen and oxygen atoms in total. The summed E-state index contributed by atoms with van der Waals surface area (Å²) in [5.74, 6) is -1.35. The Kier molecular flexibility index (Phi) is 3.53. The molecule has 0 atom stereocenters. The minimum absolute atomic E-state index is 0.0315. The Balaban J connectivity index is 3.00. The van der Waals surface area contributed by atoms with Crippen molar-refractivity contribution in [1.29, 1.82) is 0 Å². The average Bonchev–Trinajstić information content (AvgIpc) is 2.16. The summed E-state index contributed by atoms with van der Waals surface area (Å²) in [5, 5.41) is 0. The molecule has 2 N–H and O–H groups in total. The molecule has 0 amide bonds. The molecule has 0 aliphatic carbocycles. The molecule has 1 heterocycles. The number of halogens is 1. The third kappa shape index (κ3) is 2.50. The highest BCUT2D eigenvalue weighted by atomic mass is 19.1. The number of methoxy groups -OCH3 is 1. The van der Waals surface area contributed by atoms with Crippen LogP contribution in [0.1, 0.15) is 16.1 Å². The number of nitrogens with two attached hydrogens (primary N) is 1. The lowest BCUT2D eigenvalue weighted by molar-refractivity contribution is 0.0592. The summed E-state index contributed by atoms with van der Waals surface area (Å²) in [6.45, 7) is 0.393. The number of pyridine rings is 1. The summed E-state index contributed by atoms with van der Waals surface area (Å²) in [7, 11) is 1.22. The van der Waals surface area contributed by atoms with Crippen LogP contribution >= 0.6 is 0 Å². The zero-order chi connectivity index (χ0) is 10.6. The summed E-state index contributed by atoms with van der Waals surface area (Å²) < 4.78 is 17.3. The zero-order valence-electron chi connectivity index (χ0n) is 7.79. The first-order chi connectivity index (χ1) is 6.67. The van der Waals surface area contributed by atoms with Crippen LogP contribution in [-0.2, 0) is 11.2 Å². The largest absolute Gasteiger partial charge is 0.464 e. The van der Waals surface area contributed by atoms with E-state index in [0.717, 1.165) is 0 Å². The molecule has 0 radical (unpaired) electrons. The van der Waals surface area contributed by atoms with E-state index >= 15 is 0 Å². The second-order valence-electron chi connectivity index (χ2n) is 2.71. The monoisotopic (exact) mass is 198 g/mol. The normalized spacial score (nSPS) is 9.93. The molecule has 1 aromatic heterocycles. The molecule has 0 aliphatic heterocycles. The Hall–Kier alpha value is -1.49. The van der Waals surface area contributed by atoms with Gasteiger partial charge in [-0.2, -0.15) is 4.39 Å². The molecule has 0 aromatic carbocycles. The topological polar surface area (TPSA) is 65.2 Å². The van der Waals surface area contributed by atoms with Gasteiger partial charge in [0.05, 0.1) is 7.11 Å². The van der Waals surface area contributed by atoms with E-state index in [-0.39, 0.29) is 5.69 Å². The van der Waals surface area contributed by atoms with Gasteiger partial charge in [0.2, 0.25) is 5.95 Å². The number of carbonyl (C=O) groups is 1. The van der Waals surface area contributed by atoms with E-state index in [1.54, 1.807) is 0 Å². The number of esters is 1. The Morgan fingerprint density at radius 3 is 2.93 bits per heavy atom. The Labute approximate surface area is 80.9 Å². The van der Waals surface area contributed by atoms with Crippen molar-refractivity contribution in [2.24, 2.45) is 5.73 Å². The molecule has 76 valence electrons. The van der Waals surface area contributed by atoms with Crippen molar-refractivity contribution in [2.75, 3.05) is 13.7 Å². The molecule has 0 aliphatic rings. The van der Waals surface area contributed by atoms with Crippen molar-refractivity contribution in [3.05, 3.63) is 29.3 Å². The second-order valence-corrected chi connectivity index (χ2v) is 2.71. The first-order valence-electron chi connectivity index (χ1n) is 4.12. The van der Waals surface area contributed by atoms with Crippen LogP contribution in [0, 0.1) is 5.95 Å². The van der Waals surface area contributed by atoms with Crippen LogP contribution in [0.15, 0.2) is 12.1 Å². The smallest absolute Gasteiger partial charge is 0.356 e. The number of carbonyl (C=O) groups excluding carboxylic acids is 1. The van der Waals surface area contributed by atoms with E-state index in [1.807, 2.05) is 0 Å². The van der Waals surface area contributed by atoms with Crippen LogP contribution in [0.5, 0.6) is 0 Å². The second kappa shape index (κ2) is 4.66. The van der Waals surface area contributed by atoms with Crippen molar-refractivity contribution in [1.82, 2.24) is 4.98 Å². The zero-order valence-corrected chi connectivity index (χ0v) is 7.79. The Morgan fingerprint density at radius 1 is 1.64 bits per heavy atom. The van der Waals surface area contributed by atoms with Crippen molar-refractivity contribution in [3.8, 4) is 0 Å². The van der Waals surface area contributed by atoms with Crippen LogP contribution in [0.3, 0.4) is 0 Å². The summed E-state index contributed by atoms with van der Waals surface area (Å²) in [6, 6.07) is 2.72. The van der Waals surface area contributed by atoms with Gasteiger partial charge < -0.3 is 10.5 Å². The highest BCUT2D eigenvalue weighted by Gasteiger charge is 2.10. The van der Waals surface area contributed by atoms with Gasteiger partial charge in [-0.1, -0.05) is 0 Å². The summed E-state index contributed by atoms with van der Waals surface area (Å²) in [5.41, 5.74) is 5.92. The number of ether oxygens (including phenoxy) is 1. The SMILES string of the molecule is COC(=O)c1cc(CCN)cc(F)n1. The quantitative estimate of drug-likeness (QED) is 0.567. The fourth-order valence-corrected chi connectivity index (χ4v) is 1.07. The first kappa shape index (κ1) is 10.6. The molecule has 1 aromatic rings. The van der Waals surface area contributed by atoms with Gasteiger partial charge >= 0.3 is 5.97 Å². The minimum atomic E-state index is -0.698. The molecule has 0 saturated carbocycles. The first-order valence-corrected chi connectivity index (χ1v) is 4.12. The van der Waals surface area contributed by atoms with Crippen molar-refractivity contribution < 1.29 is 13.9 Å². The van der Waals surface area contributed by atoms with E-state index in [9.17, 15) is 9.18 Å². The molecular formula is C9H11FN2O2. The maximum atomic E-state index is 12.9. The maximum Gasteiger partial charge on any atom is 0.356 e. The summed E-state index contributed by atoms with van der Waals surface area (Å²) >= 11 is 0. The van der Waals surface area contributed by atoms with E-state index in [1.165, 1.54) is 19.2 Å². The lowest BCUT2D eigenvalue weighted by Gasteiger charge is -2.02. The number of hydrogen-bond donors (Lipinski definition) is 1. The van der Waals surface area contributed by atoms with Crippen LogP contribution < -0.4 is 5.73 Å². The predicted octanol–water partition coefficient (Wildman–Crippen LogP) is 0.509. The molecule has 5 heteroatoms. The fourth-order valence-electron chi connectivity index (χ4n) is 1.07. The molecule has 1 rings (SSSR count). The third-order valence-electron chi connectivity index (χ3n) is 1.68. The van der Waals surface area contributed by atoms with Crippen LogP contribution in [0.4, 0.5) is 4.39 Å². The van der Waals surface area contributed by atoms with E-state index in [2.05, 4.69) is 9.72 Å². The number of aromatic nitrogens is 1. The highest BCUT2D eigenvalue weighted by Crippen LogP contribution is 2.06. The predicted molar refractivity (Wildman–Crippen MR) is 48.3 cm³/mol. The van der Waals surface area contributed by atoms with E-state index in [4.69, 9.17) is 5.73 Å². The molecule has 0 bridgehead atoms. The van der Waals surface area contributed by atoms with Gasteiger partial charge in [-0.15, -0.1) is 0 Å². The number of nitrogens with zero attached hydrogens (tertiary/aromatic N) is 1. The van der Waals surface area contributed by atoms with Gasteiger partial charge in [0.15, 0.2) is 5.69 Å². The highest BCUT2D eigenvalue weighted by molar-refractivity contribution is 5.87. The number of hydrogen-bond acceptors (Lipinski definition) is 4. The molecule has 0 unspecified atom stereocenters. The molecular weight excluding hydrogens is 187 g/mol. The standard InChI is InChI=1S/C9H11FN2O2/c1-14-9(13)7-4-6(2-3-11)5-8(10)12-7/h4-5H,2-3,11H2,1H3. The van der Waals surface area contributed by atoms with Gasteiger partial charge in [-0.05, 0) is 30.7 Å². The number of rotatable bonds is 3. The third-order valence-corrected chi connectivity index (χ3v) is 1.68. The van der Waals surface area contributed by atoms with Crippen molar-refractivity contribution in [3.63, 3.8) is 0 Å². The molecule has 14 heavy (non-hydrogen) atoms. The molecule has 0 spiro atoms. The Bertz CT molecular complexity index is 342. The summed E-state index contributed by atoms with van der Waals surface area (Å²) in [4.78, 5) is 14.4. The van der Waals surface area contributed by atoms with E-state index in [0.29, 0.717) is 18.5 Å². The lowest BCUT2D eigenvalue weighted by atomic mass is 10.1.